The largest absolute Gasteiger partial charge is 0.507 e. The van der Waals surface area contributed by atoms with Crippen molar-refractivity contribution in [3.8, 4) is 5.75 Å². The average Bonchev–Trinajstić information content (AvgIpc) is 2.42. The second kappa shape index (κ2) is 6.53. The third-order valence-electron chi connectivity index (χ3n) is 2.65. The van der Waals surface area contributed by atoms with Crippen LogP contribution in [-0.2, 0) is 6.54 Å². The second-order valence-corrected chi connectivity index (χ2v) is 6.24. The summed E-state index contributed by atoms with van der Waals surface area (Å²) in [5.74, 6) is -0.932. The summed E-state index contributed by atoms with van der Waals surface area (Å²) in [5.41, 5.74) is 0.546. The fourth-order valence-electron chi connectivity index (χ4n) is 1.64. The number of carbonyl (C=O) groups excluding carboxylic acids is 1. The monoisotopic (exact) mass is 449 g/mol. The number of phenolic OH excluding ortho intramolecular Hbond substituents is 1. The summed E-state index contributed by atoms with van der Waals surface area (Å²) in [6, 6.07) is 9.24. The van der Waals surface area contributed by atoms with Gasteiger partial charge in [0, 0.05) is 20.2 Å². The molecule has 0 atom stereocenters. The van der Waals surface area contributed by atoms with Crippen LogP contribution in [0, 0.1) is 9.39 Å². The standard InChI is InChI=1S/C14H10BrFINO2/c15-9-1-3-12(16)8(5-9)7-18-14(20)11-6-10(17)2-4-13(11)19/h1-6,19H,7H2,(H,18,20). The summed E-state index contributed by atoms with van der Waals surface area (Å²) >= 11 is 5.30. The highest BCUT2D eigenvalue weighted by Crippen LogP contribution is 2.20. The van der Waals surface area contributed by atoms with Crippen molar-refractivity contribution in [1.82, 2.24) is 5.32 Å². The number of rotatable bonds is 3. The van der Waals surface area contributed by atoms with Crippen LogP contribution in [0.4, 0.5) is 4.39 Å². The van der Waals surface area contributed by atoms with Gasteiger partial charge in [0.1, 0.15) is 11.6 Å². The van der Waals surface area contributed by atoms with Crippen LogP contribution in [0.5, 0.6) is 5.75 Å². The summed E-state index contributed by atoms with van der Waals surface area (Å²) in [7, 11) is 0. The van der Waals surface area contributed by atoms with E-state index in [1.807, 2.05) is 22.6 Å². The Morgan fingerprint density at radius 1 is 1.30 bits per heavy atom. The van der Waals surface area contributed by atoms with Crippen LogP contribution in [0.2, 0.25) is 0 Å². The number of nitrogens with one attached hydrogen (secondary N) is 1. The van der Waals surface area contributed by atoms with E-state index in [-0.39, 0.29) is 23.7 Å². The number of hydrogen-bond donors (Lipinski definition) is 2. The molecular formula is C14H10BrFINO2. The average molecular weight is 450 g/mol. The maximum atomic E-state index is 13.5. The van der Waals surface area contributed by atoms with E-state index in [4.69, 9.17) is 0 Å². The van der Waals surface area contributed by atoms with E-state index in [1.54, 1.807) is 24.3 Å². The van der Waals surface area contributed by atoms with E-state index in [2.05, 4.69) is 21.2 Å². The molecule has 0 aromatic heterocycles. The maximum Gasteiger partial charge on any atom is 0.255 e. The van der Waals surface area contributed by atoms with Crippen LogP contribution in [-0.4, -0.2) is 11.0 Å². The van der Waals surface area contributed by atoms with Gasteiger partial charge in [0.25, 0.3) is 5.91 Å². The summed E-state index contributed by atoms with van der Waals surface area (Å²) in [6.07, 6.45) is 0. The zero-order chi connectivity index (χ0) is 14.7. The first-order valence-corrected chi connectivity index (χ1v) is 7.55. The molecule has 0 aliphatic rings. The summed E-state index contributed by atoms with van der Waals surface area (Å²) in [5, 5.41) is 12.2. The molecule has 0 aliphatic carbocycles. The highest BCUT2D eigenvalue weighted by molar-refractivity contribution is 14.1. The first-order chi connectivity index (χ1) is 9.47. The summed E-state index contributed by atoms with van der Waals surface area (Å²) < 4.78 is 15.1. The maximum absolute atomic E-state index is 13.5. The lowest BCUT2D eigenvalue weighted by molar-refractivity contribution is 0.0948. The van der Waals surface area contributed by atoms with Crippen LogP contribution in [0.15, 0.2) is 40.9 Å². The van der Waals surface area contributed by atoms with Gasteiger partial charge in [0.2, 0.25) is 0 Å². The van der Waals surface area contributed by atoms with E-state index in [1.165, 1.54) is 12.1 Å². The Kier molecular flexibility index (Phi) is 4.98. The zero-order valence-corrected chi connectivity index (χ0v) is 13.9. The van der Waals surface area contributed by atoms with E-state index in [0.29, 0.717) is 5.56 Å². The normalized spacial score (nSPS) is 10.3. The lowest BCUT2D eigenvalue weighted by Gasteiger charge is -2.08. The fraction of sp³-hybridized carbons (Fsp3) is 0.0714. The Bertz CT molecular complexity index is 664. The Morgan fingerprint density at radius 3 is 2.80 bits per heavy atom. The predicted octanol–water partition coefficient (Wildman–Crippen LogP) is 3.83. The number of aromatic hydroxyl groups is 1. The number of amides is 1. The van der Waals surface area contributed by atoms with E-state index in [0.717, 1.165) is 8.04 Å². The molecule has 0 unspecified atom stereocenters. The van der Waals surface area contributed by atoms with E-state index in [9.17, 15) is 14.3 Å². The smallest absolute Gasteiger partial charge is 0.255 e. The third kappa shape index (κ3) is 3.69. The van der Waals surface area contributed by atoms with Crippen molar-refractivity contribution in [2.24, 2.45) is 0 Å². The van der Waals surface area contributed by atoms with Crippen molar-refractivity contribution in [2.75, 3.05) is 0 Å². The van der Waals surface area contributed by atoms with E-state index >= 15 is 0 Å². The van der Waals surface area contributed by atoms with Crippen molar-refractivity contribution in [3.05, 3.63) is 61.4 Å². The molecule has 2 aromatic carbocycles. The lowest BCUT2D eigenvalue weighted by atomic mass is 10.1. The minimum absolute atomic E-state index is 0.0506. The van der Waals surface area contributed by atoms with Crippen molar-refractivity contribution in [2.45, 2.75) is 6.54 Å². The molecule has 2 rings (SSSR count). The molecular weight excluding hydrogens is 440 g/mol. The Morgan fingerprint density at radius 2 is 2.05 bits per heavy atom. The van der Waals surface area contributed by atoms with Gasteiger partial charge in [-0.05, 0) is 59.0 Å². The highest BCUT2D eigenvalue weighted by Gasteiger charge is 2.12. The minimum Gasteiger partial charge on any atom is -0.507 e. The highest BCUT2D eigenvalue weighted by atomic mass is 127. The minimum atomic E-state index is -0.444. The van der Waals surface area contributed by atoms with Gasteiger partial charge in [-0.3, -0.25) is 4.79 Å². The third-order valence-corrected chi connectivity index (χ3v) is 3.81. The van der Waals surface area contributed by atoms with Crippen molar-refractivity contribution in [1.29, 1.82) is 0 Å². The fourth-order valence-corrected chi connectivity index (χ4v) is 2.54. The zero-order valence-electron chi connectivity index (χ0n) is 10.2. The van der Waals surface area contributed by atoms with Gasteiger partial charge in [-0.25, -0.2) is 4.39 Å². The van der Waals surface area contributed by atoms with Crippen molar-refractivity contribution < 1.29 is 14.3 Å². The van der Waals surface area contributed by atoms with Crippen molar-refractivity contribution in [3.63, 3.8) is 0 Å². The molecule has 0 radical (unpaired) electrons. The molecule has 0 bridgehead atoms. The van der Waals surface area contributed by atoms with Gasteiger partial charge in [-0.2, -0.15) is 0 Å². The second-order valence-electron chi connectivity index (χ2n) is 4.08. The molecule has 2 aromatic rings. The lowest BCUT2D eigenvalue weighted by Crippen LogP contribution is -2.23. The Hall–Kier alpha value is -1.15. The first kappa shape index (κ1) is 15.2. The molecule has 0 heterocycles. The van der Waals surface area contributed by atoms with Crippen LogP contribution < -0.4 is 5.32 Å². The van der Waals surface area contributed by atoms with Gasteiger partial charge in [-0.15, -0.1) is 0 Å². The van der Waals surface area contributed by atoms with Gasteiger partial charge < -0.3 is 10.4 Å². The molecule has 0 fully saturated rings. The summed E-state index contributed by atoms with van der Waals surface area (Å²) in [4.78, 5) is 12.0. The molecule has 3 nitrogen and oxygen atoms in total. The van der Waals surface area contributed by atoms with Gasteiger partial charge in [-0.1, -0.05) is 15.9 Å². The topological polar surface area (TPSA) is 49.3 Å². The SMILES string of the molecule is O=C(NCc1cc(Br)ccc1F)c1cc(I)ccc1O. The number of hydrogen-bond acceptors (Lipinski definition) is 2. The number of halogens is 3. The number of benzene rings is 2. The quantitative estimate of drug-likeness (QED) is 0.699. The van der Waals surface area contributed by atoms with Gasteiger partial charge >= 0.3 is 0 Å². The Labute approximate surface area is 137 Å². The first-order valence-electron chi connectivity index (χ1n) is 5.68. The van der Waals surface area contributed by atoms with Crippen LogP contribution in [0.1, 0.15) is 15.9 Å². The predicted molar refractivity (Wildman–Crippen MR) is 86.1 cm³/mol. The molecule has 6 heteroatoms. The van der Waals surface area contributed by atoms with Crippen LogP contribution >= 0.6 is 38.5 Å². The summed E-state index contributed by atoms with van der Waals surface area (Å²) in [6.45, 7) is 0.0506. The molecule has 20 heavy (non-hydrogen) atoms. The number of phenols is 1. The van der Waals surface area contributed by atoms with Crippen LogP contribution in [0.3, 0.4) is 0 Å². The molecule has 0 saturated heterocycles. The van der Waals surface area contributed by atoms with Gasteiger partial charge in [0.15, 0.2) is 0 Å². The Balaban J connectivity index is 2.12. The molecule has 0 spiro atoms. The molecule has 104 valence electrons. The van der Waals surface area contributed by atoms with Crippen molar-refractivity contribution >= 4 is 44.4 Å². The molecule has 0 aliphatic heterocycles. The van der Waals surface area contributed by atoms with Gasteiger partial charge in [0.05, 0.1) is 5.56 Å². The van der Waals surface area contributed by atoms with E-state index < -0.39 is 5.91 Å². The van der Waals surface area contributed by atoms with Crippen LogP contribution in [0.25, 0.3) is 0 Å². The molecule has 2 N–H and O–H groups in total. The molecule has 1 amide bonds. The molecule has 0 saturated carbocycles. The number of carbonyl (C=O) groups is 1.